The third-order valence-electron chi connectivity index (χ3n) is 3.71. The van der Waals surface area contributed by atoms with E-state index in [0.717, 1.165) is 32.4 Å². The summed E-state index contributed by atoms with van der Waals surface area (Å²) in [4.78, 5) is 14.1. The number of likely N-dealkylation sites (tertiary alicyclic amines) is 1. The van der Waals surface area contributed by atoms with Crippen molar-refractivity contribution >= 4 is 5.91 Å². The average molecular weight is 277 g/mol. The molecule has 1 aromatic carbocycles. The predicted molar refractivity (Wildman–Crippen MR) is 77.4 cm³/mol. The van der Waals surface area contributed by atoms with Gasteiger partial charge in [0.15, 0.2) is 0 Å². The topological polar surface area (TPSA) is 49.8 Å². The molecule has 0 aliphatic carbocycles. The number of benzene rings is 1. The summed E-state index contributed by atoms with van der Waals surface area (Å²) in [7, 11) is 0. The molecule has 1 N–H and O–H groups in total. The second-order valence-corrected chi connectivity index (χ2v) is 5.16. The molecule has 0 radical (unpaired) electrons. The average Bonchev–Trinajstić information content (AvgIpc) is 2.52. The molecule has 1 heterocycles. The minimum Gasteiger partial charge on any atom is -0.394 e. The van der Waals surface area contributed by atoms with E-state index in [1.807, 2.05) is 23.1 Å². The van der Waals surface area contributed by atoms with E-state index in [9.17, 15) is 4.79 Å². The SMILES string of the molecule is O=C(CCc1ccccc1)N1CCC(OCCO)CC1. The number of nitrogens with zero attached hydrogens (tertiary/aromatic N) is 1. The lowest BCUT2D eigenvalue weighted by Crippen LogP contribution is -2.41. The van der Waals surface area contributed by atoms with Crippen molar-refractivity contribution in [2.45, 2.75) is 31.8 Å². The highest BCUT2D eigenvalue weighted by Crippen LogP contribution is 2.15. The number of carbonyl (C=O) groups excluding carboxylic acids is 1. The first kappa shape index (κ1) is 15.0. The molecule has 1 aliphatic heterocycles. The van der Waals surface area contributed by atoms with Gasteiger partial charge in [-0.05, 0) is 24.8 Å². The van der Waals surface area contributed by atoms with Crippen molar-refractivity contribution in [2.75, 3.05) is 26.3 Å². The zero-order valence-corrected chi connectivity index (χ0v) is 11.8. The number of hydrogen-bond donors (Lipinski definition) is 1. The van der Waals surface area contributed by atoms with E-state index < -0.39 is 0 Å². The molecule has 4 nitrogen and oxygen atoms in total. The van der Waals surface area contributed by atoms with E-state index in [0.29, 0.717) is 13.0 Å². The van der Waals surface area contributed by atoms with Gasteiger partial charge in [0, 0.05) is 19.5 Å². The van der Waals surface area contributed by atoms with Gasteiger partial charge in [-0.1, -0.05) is 30.3 Å². The summed E-state index contributed by atoms with van der Waals surface area (Å²) >= 11 is 0. The number of hydrogen-bond acceptors (Lipinski definition) is 3. The fraction of sp³-hybridized carbons (Fsp3) is 0.562. The number of aliphatic hydroxyl groups excluding tert-OH is 1. The minimum atomic E-state index is 0.0657. The van der Waals surface area contributed by atoms with Crippen molar-refractivity contribution in [2.24, 2.45) is 0 Å². The number of ether oxygens (including phenoxy) is 1. The van der Waals surface area contributed by atoms with Crippen LogP contribution < -0.4 is 0 Å². The molecule has 2 rings (SSSR count). The Kier molecular flexibility index (Phi) is 6.02. The summed E-state index contributed by atoms with van der Waals surface area (Å²) in [6.07, 6.45) is 3.32. The normalized spacial score (nSPS) is 16.4. The molecule has 0 saturated carbocycles. The Hall–Kier alpha value is -1.39. The van der Waals surface area contributed by atoms with Crippen molar-refractivity contribution in [1.29, 1.82) is 0 Å². The van der Waals surface area contributed by atoms with Crippen LogP contribution in [0.25, 0.3) is 0 Å². The highest BCUT2D eigenvalue weighted by atomic mass is 16.5. The Bertz CT molecular complexity index is 399. The maximum Gasteiger partial charge on any atom is 0.222 e. The zero-order valence-electron chi connectivity index (χ0n) is 11.8. The lowest BCUT2D eigenvalue weighted by Gasteiger charge is -2.32. The van der Waals surface area contributed by atoms with Crippen LogP contribution in [0.2, 0.25) is 0 Å². The van der Waals surface area contributed by atoms with Gasteiger partial charge >= 0.3 is 0 Å². The van der Waals surface area contributed by atoms with E-state index in [1.165, 1.54) is 5.56 Å². The van der Waals surface area contributed by atoms with Crippen LogP contribution in [0.4, 0.5) is 0 Å². The molecule has 1 saturated heterocycles. The number of amides is 1. The fourth-order valence-electron chi connectivity index (χ4n) is 2.55. The van der Waals surface area contributed by atoms with Crippen LogP contribution in [0, 0.1) is 0 Å². The van der Waals surface area contributed by atoms with Gasteiger partial charge in [-0.25, -0.2) is 0 Å². The van der Waals surface area contributed by atoms with Crippen molar-refractivity contribution < 1.29 is 14.6 Å². The van der Waals surface area contributed by atoms with E-state index in [2.05, 4.69) is 12.1 Å². The number of piperidine rings is 1. The van der Waals surface area contributed by atoms with Crippen LogP contribution in [0.1, 0.15) is 24.8 Å². The van der Waals surface area contributed by atoms with Crippen LogP contribution in [-0.4, -0.2) is 48.3 Å². The highest BCUT2D eigenvalue weighted by Gasteiger charge is 2.22. The van der Waals surface area contributed by atoms with Gasteiger partial charge < -0.3 is 14.7 Å². The summed E-state index contributed by atoms with van der Waals surface area (Å²) in [6.45, 7) is 2.00. The Morgan fingerprint density at radius 3 is 2.60 bits per heavy atom. The Morgan fingerprint density at radius 1 is 1.25 bits per heavy atom. The molecule has 0 atom stereocenters. The van der Waals surface area contributed by atoms with Crippen molar-refractivity contribution in [1.82, 2.24) is 4.90 Å². The Balaban J connectivity index is 1.69. The second kappa shape index (κ2) is 8.02. The Labute approximate surface area is 120 Å². The largest absolute Gasteiger partial charge is 0.394 e. The first-order chi connectivity index (χ1) is 9.79. The summed E-state index contributed by atoms with van der Waals surface area (Å²) in [5.74, 6) is 0.231. The number of aliphatic hydroxyl groups is 1. The van der Waals surface area contributed by atoms with Gasteiger partial charge in [0.1, 0.15) is 0 Å². The van der Waals surface area contributed by atoms with E-state index in [1.54, 1.807) is 0 Å². The molecule has 110 valence electrons. The molecule has 20 heavy (non-hydrogen) atoms. The van der Waals surface area contributed by atoms with Gasteiger partial charge in [0.25, 0.3) is 0 Å². The van der Waals surface area contributed by atoms with Crippen LogP contribution in [0.5, 0.6) is 0 Å². The summed E-state index contributed by atoms with van der Waals surface area (Å²) < 4.78 is 5.50. The maximum atomic E-state index is 12.1. The van der Waals surface area contributed by atoms with E-state index in [4.69, 9.17) is 9.84 Å². The first-order valence-corrected chi connectivity index (χ1v) is 7.34. The molecule has 1 amide bonds. The van der Waals surface area contributed by atoms with Gasteiger partial charge in [-0.3, -0.25) is 4.79 Å². The zero-order chi connectivity index (χ0) is 14.2. The van der Waals surface area contributed by atoms with Crippen molar-refractivity contribution in [3.8, 4) is 0 Å². The lowest BCUT2D eigenvalue weighted by atomic mass is 10.1. The molecule has 1 aromatic rings. The maximum absolute atomic E-state index is 12.1. The molecule has 1 aliphatic rings. The van der Waals surface area contributed by atoms with Gasteiger partial charge in [-0.15, -0.1) is 0 Å². The van der Waals surface area contributed by atoms with Crippen LogP contribution in [0.15, 0.2) is 30.3 Å². The lowest BCUT2D eigenvalue weighted by molar-refractivity contribution is -0.133. The first-order valence-electron chi connectivity index (χ1n) is 7.34. The molecule has 0 aromatic heterocycles. The quantitative estimate of drug-likeness (QED) is 0.859. The van der Waals surface area contributed by atoms with Crippen molar-refractivity contribution in [3.63, 3.8) is 0 Å². The standard InChI is InChI=1S/C16H23NO3/c18-12-13-20-15-8-10-17(11-9-15)16(19)7-6-14-4-2-1-3-5-14/h1-5,15,18H,6-13H2. The molecular formula is C16H23NO3. The summed E-state index contributed by atoms with van der Waals surface area (Å²) in [6, 6.07) is 10.1. The van der Waals surface area contributed by atoms with E-state index >= 15 is 0 Å². The molecule has 0 bridgehead atoms. The minimum absolute atomic E-state index is 0.0657. The van der Waals surface area contributed by atoms with Crippen LogP contribution in [-0.2, 0) is 16.0 Å². The third-order valence-corrected chi connectivity index (χ3v) is 3.71. The van der Waals surface area contributed by atoms with Crippen molar-refractivity contribution in [3.05, 3.63) is 35.9 Å². The summed E-state index contributed by atoms with van der Waals surface area (Å²) in [5.41, 5.74) is 1.21. The predicted octanol–water partition coefficient (Wildman–Crippen LogP) is 1.62. The Morgan fingerprint density at radius 2 is 1.95 bits per heavy atom. The highest BCUT2D eigenvalue weighted by molar-refractivity contribution is 5.76. The second-order valence-electron chi connectivity index (χ2n) is 5.16. The van der Waals surface area contributed by atoms with Crippen LogP contribution in [0.3, 0.4) is 0 Å². The summed E-state index contributed by atoms with van der Waals surface area (Å²) in [5, 5.41) is 8.73. The number of rotatable bonds is 6. The molecule has 4 heteroatoms. The fourth-order valence-corrected chi connectivity index (χ4v) is 2.55. The molecule has 0 spiro atoms. The molecular weight excluding hydrogens is 254 g/mol. The van der Waals surface area contributed by atoms with E-state index in [-0.39, 0.29) is 18.6 Å². The van der Waals surface area contributed by atoms with Gasteiger partial charge in [0.05, 0.1) is 19.3 Å². The van der Waals surface area contributed by atoms with Gasteiger partial charge in [0.2, 0.25) is 5.91 Å². The smallest absolute Gasteiger partial charge is 0.222 e. The number of aryl methyl sites for hydroxylation is 1. The third kappa shape index (κ3) is 4.62. The van der Waals surface area contributed by atoms with Crippen LogP contribution >= 0.6 is 0 Å². The number of carbonyl (C=O) groups is 1. The monoisotopic (exact) mass is 277 g/mol. The molecule has 1 fully saturated rings. The molecule has 0 unspecified atom stereocenters. The van der Waals surface area contributed by atoms with Gasteiger partial charge in [-0.2, -0.15) is 0 Å².